The summed E-state index contributed by atoms with van der Waals surface area (Å²) in [6, 6.07) is 5.77. The van der Waals surface area contributed by atoms with Crippen LogP contribution >= 0.6 is 11.6 Å². The van der Waals surface area contributed by atoms with Crippen LogP contribution in [0.25, 0.3) is 0 Å². The van der Waals surface area contributed by atoms with Gasteiger partial charge in [-0.2, -0.15) is 0 Å². The molecule has 3 unspecified atom stereocenters. The van der Waals surface area contributed by atoms with Gasteiger partial charge in [-0.3, -0.25) is 4.90 Å². The number of nitrogens with one attached hydrogen (secondary N) is 1. The predicted octanol–water partition coefficient (Wildman–Crippen LogP) is 4.08. The summed E-state index contributed by atoms with van der Waals surface area (Å²) < 4.78 is 13.2. The van der Waals surface area contributed by atoms with Gasteiger partial charge in [0, 0.05) is 36.7 Å². The maximum absolute atomic E-state index is 13.2. The van der Waals surface area contributed by atoms with E-state index in [4.69, 9.17) is 11.6 Å². The summed E-state index contributed by atoms with van der Waals surface area (Å²) in [5.41, 5.74) is 1.02. The fraction of sp³-hybridized carbons (Fsp3) is 0.647. The van der Waals surface area contributed by atoms with E-state index in [-0.39, 0.29) is 5.82 Å². The van der Waals surface area contributed by atoms with Crippen molar-refractivity contribution in [2.24, 2.45) is 5.92 Å². The quantitative estimate of drug-likeness (QED) is 0.881. The average molecular weight is 313 g/mol. The van der Waals surface area contributed by atoms with Crippen LogP contribution in [0, 0.1) is 11.7 Å². The van der Waals surface area contributed by atoms with E-state index >= 15 is 0 Å². The third-order valence-corrected chi connectivity index (χ3v) is 5.07. The summed E-state index contributed by atoms with van der Waals surface area (Å²) in [6.07, 6.45) is 2.29. The minimum atomic E-state index is -0.269. The van der Waals surface area contributed by atoms with Crippen molar-refractivity contribution in [3.63, 3.8) is 0 Å². The van der Waals surface area contributed by atoms with Crippen molar-refractivity contribution in [2.75, 3.05) is 13.1 Å². The Morgan fingerprint density at radius 2 is 2.19 bits per heavy atom. The number of nitrogens with zero attached hydrogens (tertiary/aromatic N) is 1. The number of halogens is 2. The molecule has 1 fully saturated rings. The topological polar surface area (TPSA) is 15.3 Å². The summed E-state index contributed by atoms with van der Waals surface area (Å²) in [4.78, 5) is 2.51. The molecule has 0 radical (unpaired) electrons. The van der Waals surface area contributed by atoms with Gasteiger partial charge in [0.05, 0.1) is 0 Å². The third kappa shape index (κ3) is 4.18. The molecule has 2 rings (SSSR count). The van der Waals surface area contributed by atoms with Crippen molar-refractivity contribution in [1.82, 2.24) is 10.2 Å². The van der Waals surface area contributed by atoms with E-state index in [2.05, 4.69) is 31.0 Å². The second-order valence-corrected chi connectivity index (χ2v) is 6.54. The fourth-order valence-electron chi connectivity index (χ4n) is 3.06. The number of rotatable bonds is 5. The smallest absolute Gasteiger partial charge is 0.124 e. The molecule has 0 aliphatic carbocycles. The molecule has 4 heteroatoms. The molecule has 1 aromatic carbocycles. The van der Waals surface area contributed by atoms with Crippen molar-refractivity contribution in [3.8, 4) is 0 Å². The van der Waals surface area contributed by atoms with Gasteiger partial charge < -0.3 is 5.32 Å². The molecular formula is C17H26ClFN2. The molecule has 118 valence electrons. The first kappa shape index (κ1) is 16.7. The van der Waals surface area contributed by atoms with E-state index in [0.717, 1.165) is 38.0 Å². The van der Waals surface area contributed by atoms with Crippen LogP contribution in [0.15, 0.2) is 18.2 Å². The van der Waals surface area contributed by atoms with Crippen molar-refractivity contribution in [2.45, 2.75) is 52.2 Å². The zero-order valence-electron chi connectivity index (χ0n) is 13.2. The summed E-state index contributed by atoms with van der Waals surface area (Å²) >= 11 is 6.20. The summed E-state index contributed by atoms with van der Waals surface area (Å²) in [5.74, 6) is 0.364. The molecule has 1 aliphatic heterocycles. The van der Waals surface area contributed by atoms with Crippen LogP contribution in [-0.4, -0.2) is 30.1 Å². The molecule has 3 atom stereocenters. The molecule has 1 saturated heterocycles. The third-order valence-electron chi connectivity index (χ3n) is 4.72. The van der Waals surface area contributed by atoms with Gasteiger partial charge in [-0.25, -0.2) is 4.39 Å². The van der Waals surface area contributed by atoms with Gasteiger partial charge in [0.2, 0.25) is 0 Å². The zero-order chi connectivity index (χ0) is 15.4. The SMILES string of the molecule is CCC1CN(Cc2ccc(F)cc2Cl)C(C(C)CC)CN1. The highest BCUT2D eigenvalue weighted by molar-refractivity contribution is 6.31. The molecule has 2 nitrogen and oxygen atoms in total. The van der Waals surface area contributed by atoms with Gasteiger partial charge in [0.25, 0.3) is 0 Å². The lowest BCUT2D eigenvalue weighted by molar-refractivity contribution is 0.0833. The molecule has 21 heavy (non-hydrogen) atoms. The Balaban J connectivity index is 2.15. The molecule has 0 spiro atoms. The Kier molecular flexibility index (Phi) is 6.03. The Morgan fingerprint density at radius 1 is 1.43 bits per heavy atom. The highest BCUT2D eigenvalue weighted by atomic mass is 35.5. The minimum absolute atomic E-state index is 0.269. The maximum atomic E-state index is 13.2. The molecule has 1 aliphatic rings. The van der Waals surface area contributed by atoms with E-state index in [1.54, 1.807) is 0 Å². The van der Waals surface area contributed by atoms with Gasteiger partial charge in [0.1, 0.15) is 5.82 Å². The van der Waals surface area contributed by atoms with Crippen LogP contribution in [0.2, 0.25) is 5.02 Å². The number of benzene rings is 1. The van der Waals surface area contributed by atoms with Crippen LogP contribution in [0.5, 0.6) is 0 Å². The van der Waals surface area contributed by atoms with Gasteiger partial charge in [0.15, 0.2) is 0 Å². The van der Waals surface area contributed by atoms with Crippen LogP contribution in [0.4, 0.5) is 4.39 Å². The van der Waals surface area contributed by atoms with E-state index < -0.39 is 0 Å². The lowest BCUT2D eigenvalue weighted by Gasteiger charge is -2.43. The monoisotopic (exact) mass is 312 g/mol. The Labute approximate surface area is 132 Å². The predicted molar refractivity (Wildman–Crippen MR) is 87.1 cm³/mol. The van der Waals surface area contributed by atoms with Gasteiger partial charge in [-0.05, 0) is 30.0 Å². The standard InChI is InChI=1S/C17H26ClFN2/c1-4-12(3)17-9-20-15(5-2)11-21(17)10-13-6-7-14(19)8-16(13)18/h6-8,12,15,17,20H,4-5,9-11H2,1-3H3. The number of hydrogen-bond acceptors (Lipinski definition) is 2. The molecule has 1 aromatic rings. The molecule has 0 saturated carbocycles. The summed E-state index contributed by atoms with van der Waals surface area (Å²) in [7, 11) is 0. The second-order valence-electron chi connectivity index (χ2n) is 6.13. The number of hydrogen-bond donors (Lipinski definition) is 1. The lowest BCUT2D eigenvalue weighted by Crippen LogP contribution is -2.57. The largest absolute Gasteiger partial charge is 0.311 e. The first-order valence-electron chi connectivity index (χ1n) is 7.96. The van der Waals surface area contributed by atoms with Crippen LogP contribution in [-0.2, 0) is 6.54 Å². The first-order chi connectivity index (χ1) is 10.0. The van der Waals surface area contributed by atoms with E-state index in [1.165, 1.54) is 12.1 Å². The van der Waals surface area contributed by atoms with Crippen LogP contribution in [0.3, 0.4) is 0 Å². The summed E-state index contributed by atoms with van der Waals surface area (Å²) in [5, 5.41) is 4.17. The van der Waals surface area contributed by atoms with Gasteiger partial charge >= 0.3 is 0 Å². The Bertz CT molecular complexity index is 466. The molecular weight excluding hydrogens is 287 g/mol. The first-order valence-corrected chi connectivity index (χ1v) is 8.34. The molecule has 0 amide bonds. The van der Waals surface area contributed by atoms with Crippen molar-refractivity contribution in [3.05, 3.63) is 34.6 Å². The van der Waals surface area contributed by atoms with Gasteiger partial charge in [-0.1, -0.05) is 44.9 Å². The second kappa shape index (κ2) is 7.57. The highest BCUT2D eigenvalue weighted by Gasteiger charge is 2.30. The molecule has 0 bridgehead atoms. The number of piperazine rings is 1. The van der Waals surface area contributed by atoms with E-state index in [1.807, 2.05) is 6.07 Å². The Hall–Kier alpha value is -0.640. The molecule has 1 heterocycles. The Morgan fingerprint density at radius 3 is 2.81 bits per heavy atom. The fourth-order valence-corrected chi connectivity index (χ4v) is 3.28. The van der Waals surface area contributed by atoms with Crippen LogP contribution < -0.4 is 5.32 Å². The van der Waals surface area contributed by atoms with E-state index in [0.29, 0.717) is 23.0 Å². The van der Waals surface area contributed by atoms with E-state index in [9.17, 15) is 4.39 Å². The lowest BCUT2D eigenvalue weighted by atomic mass is 9.93. The normalized spacial score (nSPS) is 25.0. The molecule has 1 N–H and O–H groups in total. The zero-order valence-corrected chi connectivity index (χ0v) is 14.0. The summed E-state index contributed by atoms with van der Waals surface area (Å²) in [6.45, 7) is 9.60. The minimum Gasteiger partial charge on any atom is -0.311 e. The van der Waals surface area contributed by atoms with Crippen molar-refractivity contribution < 1.29 is 4.39 Å². The average Bonchev–Trinajstić information content (AvgIpc) is 2.49. The highest BCUT2D eigenvalue weighted by Crippen LogP contribution is 2.25. The molecule has 0 aromatic heterocycles. The van der Waals surface area contributed by atoms with Crippen molar-refractivity contribution >= 4 is 11.6 Å². The maximum Gasteiger partial charge on any atom is 0.124 e. The van der Waals surface area contributed by atoms with Crippen LogP contribution in [0.1, 0.15) is 39.2 Å². The van der Waals surface area contributed by atoms with Gasteiger partial charge in [-0.15, -0.1) is 0 Å². The van der Waals surface area contributed by atoms with Crippen molar-refractivity contribution in [1.29, 1.82) is 0 Å².